The van der Waals surface area contributed by atoms with Gasteiger partial charge in [0.25, 0.3) is 0 Å². The van der Waals surface area contributed by atoms with Gasteiger partial charge in [0.1, 0.15) is 0 Å². The van der Waals surface area contributed by atoms with E-state index in [4.69, 9.17) is 0 Å². The fourth-order valence-electron chi connectivity index (χ4n) is 0. The zero-order chi connectivity index (χ0) is 0. The SMILES string of the molecule is [Ca+2].[H-].[H-].[Mg+2].[SiH3-].[SiH3-]. The van der Waals surface area contributed by atoms with E-state index in [1.165, 1.54) is 0 Å². The molecular weight excluding hydrogens is 121 g/mol. The summed E-state index contributed by atoms with van der Waals surface area (Å²) in [6.07, 6.45) is 0. The Balaban J connectivity index is 0. The Morgan fingerprint density at radius 1 is 1.00 bits per heavy atom. The summed E-state index contributed by atoms with van der Waals surface area (Å²) in [5, 5.41) is 0. The van der Waals surface area contributed by atoms with Crippen molar-refractivity contribution in [2.24, 2.45) is 0 Å². The van der Waals surface area contributed by atoms with Gasteiger partial charge in [-0.15, -0.1) is 0 Å². The van der Waals surface area contributed by atoms with E-state index in [1.54, 1.807) is 0 Å². The second kappa shape index (κ2) is 17.9. The minimum absolute atomic E-state index is 0. The van der Waals surface area contributed by atoms with Gasteiger partial charge in [0.15, 0.2) is 0 Å². The smallest absolute Gasteiger partial charge is 1.00 e. The van der Waals surface area contributed by atoms with Crippen LogP contribution in [0.1, 0.15) is 2.85 Å². The quantitative estimate of drug-likeness (QED) is 0.307. The summed E-state index contributed by atoms with van der Waals surface area (Å²) in [4.78, 5) is 0. The molecule has 4 heavy (non-hydrogen) atoms. The monoisotopic (exact) mass is 128 g/mol. The first kappa shape index (κ1) is 31.8. The minimum atomic E-state index is 0. The fraction of sp³-hybridized carbons (Fsp3) is 0. The van der Waals surface area contributed by atoms with Gasteiger partial charge in [0.05, 0.1) is 0 Å². The molecule has 0 aliphatic carbocycles. The molecule has 4 heteroatoms. The molecule has 0 fully saturated rings. The Hall–Kier alpha value is 2.46. The molecule has 0 unspecified atom stereocenters. The van der Waals surface area contributed by atoms with Crippen molar-refractivity contribution in [2.45, 2.75) is 0 Å². The van der Waals surface area contributed by atoms with Crippen LogP contribution in [0.3, 0.4) is 0 Å². The summed E-state index contributed by atoms with van der Waals surface area (Å²) < 4.78 is 0. The first-order valence-electron chi connectivity index (χ1n) is 0. The van der Waals surface area contributed by atoms with Gasteiger partial charge in [-0.2, -0.15) is 0 Å². The molecule has 0 N–H and O–H groups in total. The van der Waals surface area contributed by atoms with Crippen LogP contribution in [0.5, 0.6) is 0 Å². The molecule has 0 amide bonds. The van der Waals surface area contributed by atoms with Gasteiger partial charge in [0.2, 0.25) is 0 Å². The van der Waals surface area contributed by atoms with Crippen LogP contribution in [0.15, 0.2) is 0 Å². The van der Waals surface area contributed by atoms with Crippen LogP contribution < -0.4 is 0 Å². The minimum Gasteiger partial charge on any atom is -1.00 e. The molecule has 0 aromatic carbocycles. The average Bonchev–Trinajstić information content (AvgIpc) is 0. The molecule has 0 saturated carbocycles. The van der Waals surface area contributed by atoms with Gasteiger partial charge >= 0.3 is 60.8 Å². The zero-order valence-electron chi connectivity index (χ0n) is 5.41. The first-order valence-corrected chi connectivity index (χ1v) is 0. The standard InChI is InChI=1S/Ca.Mg.2H3Si.2H/h;;2*1H3;;/q2*+2;4*-1. The Morgan fingerprint density at radius 3 is 1.00 bits per heavy atom. The normalized spacial score (nSPS) is 0. The van der Waals surface area contributed by atoms with E-state index >= 15 is 0 Å². The molecule has 0 nitrogen and oxygen atoms in total. The molecule has 0 heterocycles. The molecule has 20 valence electrons. The van der Waals surface area contributed by atoms with Crippen LogP contribution >= 0.6 is 0 Å². The van der Waals surface area contributed by atoms with E-state index in [1.807, 2.05) is 0 Å². The number of hydrogen-bond acceptors (Lipinski definition) is 0. The van der Waals surface area contributed by atoms with Crippen molar-refractivity contribution >= 4 is 82.7 Å². The molecular formula is H8CaMgSi2. The van der Waals surface area contributed by atoms with Crippen LogP contribution in [0.2, 0.25) is 0 Å². The van der Waals surface area contributed by atoms with Gasteiger partial charge in [-0.1, -0.05) is 0 Å². The predicted octanol–water partition coefficient (Wildman–Crippen LogP) is -2.90. The van der Waals surface area contributed by atoms with Crippen molar-refractivity contribution in [3.63, 3.8) is 0 Å². The molecule has 0 spiro atoms. The van der Waals surface area contributed by atoms with E-state index in [-0.39, 0.29) is 85.6 Å². The third-order valence-corrected chi connectivity index (χ3v) is 0. The van der Waals surface area contributed by atoms with Crippen molar-refractivity contribution in [3.05, 3.63) is 0 Å². The van der Waals surface area contributed by atoms with Gasteiger partial charge in [-0.3, -0.25) is 0 Å². The van der Waals surface area contributed by atoms with Crippen molar-refractivity contribution in [1.82, 2.24) is 0 Å². The summed E-state index contributed by atoms with van der Waals surface area (Å²) in [5.41, 5.74) is 0. The molecule has 0 saturated heterocycles. The van der Waals surface area contributed by atoms with Crippen molar-refractivity contribution < 1.29 is 2.85 Å². The molecule has 0 aliphatic heterocycles. The summed E-state index contributed by atoms with van der Waals surface area (Å²) in [6.45, 7) is 0. The summed E-state index contributed by atoms with van der Waals surface area (Å²) in [6, 6.07) is 0. The largest absolute Gasteiger partial charge is 2.00 e. The predicted molar refractivity (Wildman–Crippen MR) is 33.6 cm³/mol. The number of hydrogen-bond donors (Lipinski definition) is 0. The van der Waals surface area contributed by atoms with E-state index in [2.05, 4.69) is 0 Å². The Bertz CT molecular complexity index is 11.5. The van der Waals surface area contributed by atoms with E-state index in [9.17, 15) is 0 Å². The summed E-state index contributed by atoms with van der Waals surface area (Å²) >= 11 is 0. The summed E-state index contributed by atoms with van der Waals surface area (Å²) in [5.74, 6) is 0. The Morgan fingerprint density at radius 2 is 1.00 bits per heavy atom. The topological polar surface area (TPSA) is 0 Å². The molecule has 0 aromatic heterocycles. The van der Waals surface area contributed by atoms with Gasteiger partial charge in [0, 0.05) is 0 Å². The maximum Gasteiger partial charge on any atom is 2.00 e. The maximum absolute atomic E-state index is 0. The fourth-order valence-corrected chi connectivity index (χ4v) is 0. The third kappa shape index (κ3) is 8.82. The zero-order valence-corrected chi connectivity index (χ0v) is 11.0. The molecule has 0 aliphatic rings. The third-order valence-electron chi connectivity index (χ3n) is 0. The van der Waals surface area contributed by atoms with Crippen LogP contribution in [-0.2, 0) is 0 Å². The van der Waals surface area contributed by atoms with Crippen molar-refractivity contribution in [1.29, 1.82) is 0 Å². The second-order valence-electron chi connectivity index (χ2n) is 0. The van der Waals surface area contributed by atoms with Crippen LogP contribution in [0.25, 0.3) is 0 Å². The molecule has 0 atom stereocenters. The van der Waals surface area contributed by atoms with Crippen LogP contribution in [-0.4, -0.2) is 82.7 Å². The molecule has 0 radical (unpaired) electrons. The Kier molecular flexibility index (Phi) is 143. The van der Waals surface area contributed by atoms with Crippen molar-refractivity contribution in [3.8, 4) is 0 Å². The van der Waals surface area contributed by atoms with Gasteiger partial charge in [-0.05, 0) is 0 Å². The Labute approximate surface area is 84.3 Å². The molecule has 0 aromatic rings. The van der Waals surface area contributed by atoms with Crippen LogP contribution in [0.4, 0.5) is 0 Å². The number of rotatable bonds is 0. The average molecular weight is 129 g/mol. The van der Waals surface area contributed by atoms with E-state index in [0.717, 1.165) is 0 Å². The van der Waals surface area contributed by atoms with Crippen molar-refractivity contribution in [2.75, 3.05) is 0 Å². The van der Waals surface area contributed by atoms with E-state index in [0.29, 0.717) is 0 Å². The van der Waals surface area contributed by atoms with Crippen LogP contribution in [0, 0.1) is 0 Å². The maximum atomic E-state index is 0. The second-order valence-corrected chi connectivity index (χ2v) is 0. The first-order chi connectivity index (χ1) is 0. The summed E-state index contributed by atoms with van der Waals surface area (Å²) in [7, 11) is 0. The van der Waals surface area contributed by atoms with E-state index < -0.39 is 0 Å². The molecule has 0 bridgehead atoms. The molecule has 0 rings (SSSR count). The van der Waals surface area contributed by atoms with Gasteiger partial charge < -0.3 is 24.8 Å². The van der Waals surface area contributed by atoms with Gasteiger partial charge in [-0.25, -0.2) is 0 Å².